The SMILES string of the molecule is COc1ccc2c(c1)CCc1ccccc1C2CCC(C)N. The second-order valence-corrected chi connectivity index (χ2v) is 6.37. The van der Waals surface area contributed by atoms with Crippen molar-refractivity contribution in [2.45, 2.75) is 44.6 Å². The Labute approximate surface area is 133 Å². The topological polar surface area (TPSA) is 35.2 Å². The van der Waals surface area contributed by atoms with Crippen LogP contribution in [0.5, 0.6) is 5.75 Å². The summed E-state index contributed by atoms with van der Waals surface area (Å²) in [7, 11) is 1.74. The Morgan fingerprint density at radius 1 is 1.09 bits per heavy atom. The van der Waals surface area contributed by atoms with Crippen LogP contribution in [0, 0.1) is 0 Å². The predicted octanol–water partition coefficient (Wildman–Crippen LogP) is 4.05. The molecule has 0 saturated carbocycles. The third-order valence-corrected chi connectivity index (χ3v) is 4.73. The number of nitrogens with two attached hydrogens (primary N) is 1. The van der Waals surface area contributed by atoms with Crippen molar-refractivity contribution in [2.75, 3.05) is 7.11 Å². The fraction of sp³-hybridized carbons (Fsp3) is 0.400. The Balaban J connectivity index is 2.04. The second-order valence-electron chi connectivity index (χ2n) is 6.37. The highest BCUT2D eigenvalue weighted by molar-refractivity contribution is 5.47. The number of hydrogen-bond donors (Lipinski definition) is 1. The summed E-state index contributed by atoms with van der Waals surface area (Å²) in [6, 6.07) is 15.7. The summed E-state index contributed by atoms with van der Waals surface area (Å²) in [6.07, 6.45) is 4.34. The molecule has 0 radical (unpaired) electrons. The first-order valence-corrected chi connectivity index (χ1v) is 8.19. The molecule has 0 aliphatic heterocycles. The average molecular weight is 295 g/mol. The van der Waals surface area contributed by atoms with Gasteiger partial charge in [0.1, 0.15) is 5.75 Å². The lowest BCUT2D eigenvalue weighted by atomic mass is 9.84. The third kappa shape index (κ3) is 3.02. The van der Waals surface area contributed by atoms with E-state index in [1.807, 2.05) is 0 Å². The predicted molar refractivity (Wildman–Crippen MR) is 91.6 cm³/mol. The number of hydrogen-bond acceptors (Lipinski definition) is 2. The van der Waals surface area contributed by atoms with Crippen LogP contribution < -0.4 is 10.5 Å². The third-order valence-electron chi connectivity index (χ3n) is 4.73. The Bertz CT molecular complexity index is 648. The highest BCUT2D eigenvalue weighted by Gasteiger charge is 2.23. The van der Waals surface area contributed by atoms with E-state index in [4.69, 9.17) is 10.5 Å². The van der Waals surface area contributed by atoms with Crippen molar-refractivity contribution in [3.63, 3.8) is 0 Å². The van der Waals surface area contributed by atoms with Crippen LogP contribution in [0.4, 0.5) is 0 Å². The van der Waals surface area contributed by atoms with Gasteiger partial charge in [-0.25, -0.2) is 0 Å². The van der Waals surface area contributed by atoms with E-state index < -0.39 is 0 Å². The monoisotopic (exact) mass is 295 g/mol. The molecule has 0 saturated heterocycles. The molecule has 2 unspecified atom stereocenters. The molecule has 2 nitrogen and oxygen atoms in total. The molecule has 2 aromatic carbocycles. The molecule has 0 amide bonds. The van der Waals surface area contributed by atoms with Crippen molar-refractivity contribution in [3.05, 3.63) is 64.7 Å². The van der Waals surface area contributed by atoms with Crippen LogP contribution in [-0.4, -0.2) is 13.2 Å². The first-order valence-electron chi connectivity index (χ1n) is 8.19. The largest absolute Gasteiger partial charge is 0.497 e. The molecular formula is C20H25NO. The van der Waals surface area contributed by atoms with Crippen LogP contribution in [0.1, 0.15) is 47.9 Å². The molecule has 1 aliphatic carbocycles. The van der Waals surface area contributed by atoms with E-state index in [1.165, 1.54) is 22.3 Å². The highest BCUT2D eigenvalue weighted by atomic mass is 16.5. The van der Waals surface area contributed by atoms with Gasteiger partial charge < -0.3 is 10.5 Å². The summed E-state index contributed by atoms with van der Waals surface area (Å²) in [4.78, 5) is 0. The van der Waals surface area contributed by atoms with Gasteiger partial charge in [0, 0.05) is 12.0 Å². The minimum Gasteiger partial charge on any atom is -0.497 e. The minimum absolute atomic E-state index is 0.247. The number of fused-ring (bicyclic) bond motifs is 2. The van der Waals surface area contributed by atoms with Crippen molar-refractivity contribution in [1.29, 1.82) is 0 Å². The molecule has 116 valence electrons. The smallest absolute Gasteiger partial charge is 0.119 e. The molecule has 0 spiro atoms. The van der Waals surface area contributed by atoms with E-state index in [-0.39, 0.29) is 6.04 Å². The zero-order chi connectivity index (χ0) is 15.5. The molecule has 3 rings (SSSR count). The van der Waals surface area contributed by atoms with E-state index in [0.717, 1.165) is 31.4 Å². The van der Waals surface area contributed by atoms with Crippen molar-refractivity contribution < 1.29 is 4.74 Å². The maximum Gasteiger partial charge on any atom is 0.119 e. The molecule has 1 aliphatic rings. The van der Waals surface area contributed by atoms with E-state index in [2.05, 4.69) is 49.4 Å². The van der Waals surface area contributed by atoms with Gasteiger partial charge in [-0.05, 0) is 67.0 Å². The zero-order valence-electron chi connectivity index (χ0n) is 13.5. The van der Waals surface area contributed by atoms with E-state index in [9.17, 15) is 0 Å². The highest BCUT2D eigenvalue weighted by Crippen LogP contribution is 2.38. The Kier molecular flexibility index (Phi) is 4.49. The second kappa shape index (κ2) is 6.53. The Hall–Kier alpha value is -1.80. The Morgan fingerprint density at radius 2 is 1.82 bits per heavy atom. The van der Waals surface area contributed by atoms with Crippen LogP contribution in [0.15, 0.2) is 42.5 Å². The lowest BCUT2D eigenvalue weighted by molar-refractivity contribution is 0.414. The first-order chi connectivity index (χ1) is 10.7. The molecule has 22 heavy (non-hydrogen) atoms. The molecule has 2 heteroatoms. The van der Waals surface area contributed by atoms with Crippen LogP contribution in [0.25, 0.3) is 0 Å². The lowest BCUT2D eigenvalue weighted by Crippen LogP contribution is -2.16. The van der Waals surface area contributed by atoms with Gasteiger partial charge in [0.15, 0.2) is 0 Å². The first kappa shape index (κ1) is 15.1. The molecule has 0 bridgehead atoms. The number of rotatable bonds is 4. The van der Waals surface area contributed by atoms with Crippen LogP contribution >= 0.6 is 0 Å². The quantitative estimate of drug-likeness (QED) is 0.923. The molecule has 0 aromatic heterocycles. The lowest BCUT2D eigenvalue weighted by Gasteiger charge is -2.21. The molecule has 2 N–H and O–H groups in total. The van der Waals surface area contributed by atoms with Gasteiger partial charge in [-0.2, -0.15) is 0 Å². The number of aryl methyl sites for hydroxylation is 2. The van der Waals surface area contributed by atoms with Gasteiger partial charge in [-0.15, -0.1) is 0 Å². The molecule has 0 heterocycles. The van der Waals surface area contributed by atoms with Crippen molar-refractivity contribution in [1.82, 2.24) is 0 Å². The molecular weight excluding hydrogens is 270 g/mol. The van der Waals surface area contributed by atoms with Crippen LogP contribution in [0.2, 0.25) is 0 Å². The van der Waals surface area contributed by atoms with Gasteiger partial charge in [0.05, 0.1) is 7.11 Å². The maximum absolute atomic E-state index is 6.01. The van der Waals surface area contributed by atoms with E-state index in [1.54, 1.807) is 7.11 Å². The minimum atomic E-state index is 0.247. The standard InChI is InChI=1S/C20H25NO/c1-14(21)7-11-20-18-6-4-3-5-15(18)8-9-16-13-17(22-2)10-12-19(16)20/h3-6,10,12-14,20H,7-9,11,21H2,1-2H3. The Morgan fingerprint density at radius 3 is 2.59 bits per heavy atom. The summed E-state index contributed by atoms with van der Waals surface area (Å²) < 4.78 is 5.41. The summed E-state index contributed by atoms with van der Waals surface area (Å²) in [5, 5.41) is 0. The van der Waals surface area contributed by atoms with Crippen molar-refractivity contribution in [3.8, 4) is 5.75 Å². The van der Waals surface area contributed by atoms with E-state index in [0.29, 0.717) is 5.92 Å². The fourth-order valence-electron chi connectivity index (χ4n) is 3.54. The van der Waals surface area contributed by atoms with Gasteiger partial charge in [0.2, 0.25) is 0 Å². The number of ether oxygens (including phenoxy) is 1. The van der Waals surface area contributed by atoms with Crippen molar-refractivity contribution >= 4 is 0 Å². The normalized spacial score (nSPS) is 18.0. The average Bonchev–Trinajstić information content (AvgIpc) is 2.69. The summed E-state index contributed by atoms with van der Waals surface area (Å²) >= 11 is 0. The summed E-state index contributed by atoms with van der Waals surface area (Å²) in [5.41, 5.74) is 11.8. The number of methoxy groups -OCH3 is 1. The van der Waals surface area contributed by atoms with E-state index >= 15 is 0 Å². The molecule has 2 aromatic rings. The van der Waals surface area contributed by atoms with Gasteiger partial charge in [0.25, 0.3) is 0 Å². The fourth-order valence-corrected chi connectivity index (χ4v) is 3.54. The van der Waals surface area contributed by atoms with Gasteiger partial charge in [-0.1, -0.05) is 30.3 Å². The molecule has 0 fully saturated rings. The summed E-state index contributed by atoms with van der Waals surface area (Å²) in [6.45, 7) is 2.09. The maximum atomic E-state index is 6.01. The van der Waals surface area contributed by atoms with Crippen LogP contribution in [-0.2, 0) is 12.8 Å². The van der Waals surface area contributed by atoms with Gasteiger partial charge in [-0.3, -0.25) is 0 Å². The van der Waals surface area contributed by atoms with Crippen LogP contribution in [0.3, 0.4) is 0 Å². The zero-order valence-corrected chi connectivity index (χ0v) is 13.5. The number of benzene rings is 2. The van der Waals surface area contributed by atoms with Crippen molar-refractivity contribution in [2.24, 2.45) is 5.73 Å². The van der Waals surface area contributed by atoms with Gasteiger partial charge >= 0.3 is 0 Å². The molecule has 2 atom stereocenters. The summed E-state index contributed by atoms with van der Waals surface area (Å²) in [5.74, 6) is 1.40.